The first-order chi connectivity index (χ1) is 13.7. The lowest BCUT2D eigenvalue weighted by Crippen LogP contribution is -2.36. The molecule has 1 saturated heterocycles. The van der Waals surface area contributed by atoms with Crippen LogP contribution in [0.15, 0.2) is 66.9 Å². The number of rotatable bonds is 4. The zero-order chi connectivity index (χ0) is 19.3. The molecule has 1 aliphatic heterocycles. The molecule has 1 aromatic heterocycles. The molecule has 28 heavy (non-hydrogen) atoms. The highest BCUT2D eigenvalue weighted by Crippen LogP contribution is 2.22. The van der Waals surface area contributed by atoms with Gasteiger partial charge in [0.15, 0.2) is 0 Å². The van der Waals surface area contributed by atoms with Gasteiger partial charge in [-0.15, -0.1) is 0 Å². The lowest BCUT2D eigenvalue weighted by Gasteiger charge is -2.28. The molecule has 1 fully saturated rings. The van der Waals surface area contributed by atoms with Crippen molar-refractivity contribution >= 4 is 17.3 Å². The highest BCUT2D eigenvalue weighted by atomic mass is 19.1. The van der Waals surface area contributed by atoms with Crippen molar-refractivity contribution in [3.8, 4) is 11.3 Å². The minimum atomic E-state index is -0.389. The van der Waals surface area contributed by atoms with Gasteiger partial charge in [-0.1, -0.05) is 12.1 Å². The highest BCUT2D eigenvalue weighted by Gasteiger charge is 2.12. The quantitative estimate of drug-likeness (QED) is 0.747. The van der Waals surface area contributed by atoms with Crippen LogP contribution in [0, 0.1) is 5.82 Å². The van der Waals surface area contributed by atoms with Crippen molar-refractivity contribution in [2.45, 2.75) is 0 Å². The molecule has 5 nitrogen and oxygen atoms in total. The van der Waals surface area contributed by atoms with E-state index >= 15 is 0 Å². The van der Waals surface area contributed by atoms with E-state index < -0.39 is 0 Å². The van der Waals surface area contributed by atoms with Crippen LogP contribution in [0.4, 0.5) is 15.8 Å². The van der Waals surface area contributed by atoms with Crippen LogP contribution >= 0.6 is 0 Å². The third-order valence-electron chi connectivity index (χ3n) is 4.68. The van der Waals surface area contributed by atoms with Crippen LogP contribution in [0.2, 0.25) is 0 Å². The summed E-state index contributed by atoms with van der Waals surface area (Å²) in [4.78, 5) is 18.8. The molecule has 142 valence electrons. The first-order valence-corrected chi connectivity index (χ1v) is 9.16. The SMILES string of the molecule is O=C(Nc1ccc(N2CCOCC2)cc1)c1ccc(-c2ncccc2F)cc1. The van der Waals surface area contributed by atoms with Gasteiger partial charge < -0.3 is 15.0 Å². The van der Waals surface area contributed by atoms with Gasteiger partial charge in [-0.2, -0.15) is 0 Å². The summed E-state index contributed by atoms with van der Waals surface area (Å²) in [5.41, 5.74) is 3.24. The Balaban J connectivity index is 1.43. The average Bonchev–Trinajstić information content (AvgIpc) is 2.75. The monoisotopic (exact) mass is 377 g/mol. The Kier molecular flexibility index (Phi) is 5.30. The lowest BCUT2D eigenvalue weighted by molar-refractivity contribution is 0.102. The van der Waals surface area contributed by atoms with E-state index in [1.807, 2.05) is 24.3 Å². The predicted molar refractivity (Wildman–Crippen MR) is 107 cm³/mol. The van der Waals surface area contributed by atoms with Crippen LogP contribution in [0.25, 0.3) is 11.3 Å². The van der Waals surface area contributed by atoms with Crippen LogP contribution in [0.1, 0.15) is 10.4 Å². The van der Waals surface area contributed by atoms with Crippen molar-refractivity contribution in [2.24, 2.45) is 0 Å². The van der Waals surface area contributed by atoms with E-state index in [4.69, 9.17) is 4.74 Å². The van der Waals surface area contributed by atoms with E-state index in [-0.39, 0.29) is 17.4 Å². The Hall–Kier alpha value is -3.25. The molecule has 0 radical (unpaired) electrons. The molecule has 1 N–H and O–H groups in total. The second-order valence-electron chi connectivity index (χ2n) is 6.51. The van der Waals surface area contributed by atoms with Gasteiger partial charge in [0.2, 0.25) is 0 Å². The molecule has 3 aromatic rings. The number of nitrogens with one attached hydrogen (secondary N) is 1. The fourth-order valence-electron chi connectivity index (χ4n) is 3.16. The Morgan fingerprint density at radius 2 is 1.71 bits per heavy atom. The fourth-order valence-corrected chi connectivity index (χ4v) is 3.16. The molecule has 0 bridgehead atoms. The van der Waals surface area contributed by atoms with Gasteiger partial charge in [0.05, 0.1) is 13.2 Å². The maximum Gasteiger partial charge on any atom is 0.255 e. The van der Waals surface area contributed by atoms with E-state index in [1.165, 1.54) is 6.07 Å². The van der Waals surface area contributed by atoms with Crippen molar-refractivity contribution in [3.63, 3.8) is 0 Å². The third-order valence-corrected chi connectivity index (χ3v) is 4.68. The van der Waals surface area contributed by atoms with Gasteiger partial charge in [0.1, 0.15) is 11.5 Å². The van der Waals surface area contributed by atoms with Crippen LogP contribution in [-0.2, 0) is 4.74 Å². The third kappa shape index (κ3) is 4.02. The van der Waals surface area contributed by atoms with Crippen molar-refractivity contribution in [3.05, 3.63) is 78.2 Å². The molecule has 1 aliphatic rings. The smallest absolute Gasteiger partial charge is 0.255 e. The van der Waals surface area contributed by atoms with E-state index in [1.54, 1.807) is 36.5 Å². The maximum atomic E-state index is 13.8. The van der Waals surface area contributed by atoms with Crippen molar-refractivity contribution in [1.29, 1.82) is 0 Å². The lowest BCUT2D eigenvalue weighted by atomic mass is 10.1. The molecular formula is C22H20FN3O2. The number of ether oxygens (including phenoxy) is 1. The number of amides is 1. The molecule has 0 aliphatic carbocycles. The number of carbonyl (C=O) groups excluding carboxylic acids is 1. The Bertz CT molecular complexity index is 952. The highest BCUT2D eigenvalue weighted by molar-refractivity contribution is 6.04. The standard InChI is InChI=1S/C22H20FN3O2/c23-20-2-1-11-24-21(20)16-3-5-17(6-4-16)22(27)25-18-7-9-19(10-8-18)26-12-14-28-15-13-26/h1-11H,12-15H2,(H,25,27). The molecule has 2 heterocycles. The van der Waals surface area contributed by atoms with Crippen LogP contribution < -0.4 is 10.2 Å². The number of carbonyl (C=O) groups is 1. The van der Waals surface area contributed by atoms with E-state index in [9.17, 15) is 9.18 Å². The van der Waals surface area contributed by atoms with Crippen LogP contribution in [0.5, 0.6) is 0 Å². The van der Waals surface area contributed by atoms with Gasteiger partial charge in [0.25, 0.3) is 5.91 Å². The molecule has 0 unspecified atom stereocenters. The zero-order valence-corrected chi connectivity index (χ0v) is 15.3. The fraction of sp³-hybridized carbons (Fsp3) is 0.182. The summed E-state index contributed by atoms with van der Waals surface area (Å²) in [5.74, 6) is -0.604. The minimum absolute atomic E-state index is 0.216. The number of hydrogen-bond donors (Lipinski definition) is 1. The number of nitrogens with zero attached hydrogens (tertiary/aromatic N) is 2. The maximum absolute atomic E-state index is 13.8. The van der Waals surface area contributed by atoms with Crippen LogP contribution in [-0.4, -0.2) is 37.2 Å². The molecule has 6 heteroatoms. The van der Waals surface area contributed by atoms with Gasteiger partial charge in [-0.25, -0.2) is 4.39 Å². The molecule has 0 saturated carbocycles. The van der Waals surface area contributed by atoms with Crippen molar-refractivity contribution in [1.82, 2.24) is 4.98 Å². The number of halogens is 1. The topological polar surface area (TPSA) is 54.5 Å². The Morgan fingerprint density at radius 3 is 2.39 bits per heavy atom. The summed E-state index contributed by atoms with van der Waals surface area (Å²) in [6.45, 7) is 3.21. The minimum Gasteiger partial charge on any atom is -0.378 e. The Morgan fingerprint density at radius 1 is 1.00 bits per heavy atom. The van der Waals surface area contributed by atoms with Gasteiger partial charge in [-0.3, -0.25) is 9.78 Å². The van der Waals surface area contributed by atoms with Gasteiger partial charge in [-0.05, 0) is 48.5 Å². The summed E-state index contributed by atoms with van der Waals surface area (Å²) in [6, 6.07) is 17.4. The predicted octanol–water partition coefficient (Wildman–Crippen LogP) is 3.98. The summed E-state index contributed by atoms with van der Waals surface area (Å²) in [6.07, 6.45) is 1.54. The largest absolute Gasteiger partial charge is 0.378 e. The average molecular weight is 377 g/mol. The van der Waals surface area contributed by atoms with Crippen molar-refractivity contribution < 1.29 is 13.9 Å². The van der Waals surface area contributed by atoms with Crippen molar-refractivity contribution in [2.75, 3.05) is 36.5 Å². The molecule has 1 amide bonds. The van der Waals surface area contributed by atoms with Gasteiger partial charge >= 0.3 is 0 Å². The first-order valence-electron chi connectivity index (χ1n) is 9.16. The molecule has 0 spiro atoms. The summed E-state index contributed by atoms with van der Waals surface area (Å²) < 4.78 is 19.2. The summed E-state index contributed by atoms with van der Waals surface area (Å²) >= 11 is 0. The Labute approximate surface area is 162 Å². The second-order valence-corrected chi connectivity index (χ2v) is 6.51. The summed E-state index contributed by atoms with van der Waals surface area (Å²) in [7, 11) is 0. The normalized spacial score (nSPS) is 14.0. The molecule has 4 rings (SSSR count). The number of pyridine rings is 1. The molecular weight excluding hydrogens is 357 g/mol. The first kappa shape index (κ1) is 18.1. The van der Waals surface area contributed by atoms with E-state index in [0.29, 0.717) is 11.1 Å². The molecule has 2 aromatic carbocycles. The number of aromatic nitrogens is 1. The number of benzene rings is 2. The second kappa shape index (κ2) is 8.19. The zero-order valence-electron chi connectivity index (χ0n) is 15.3. The van der Waals surface area contributed by atoms with Gasteiger partial charge in [0, 0.05) is 41.8 Å². The van der Waals surface area contributed by atoms with E-state index in [2.05, 4.69) is 15.2 Å². The molecule has 0 atom stereocenters. The van der Waals surface area contributed by atoms with Crippen LogP contribution in [0.3, 0.4) is 0 Å². The van der Waals surface area contributed by atoms with E-state index in [0.717, 1.165) is 37.7 Å². The number of hydrogen-bond acceptors (Lipinski definition) is 4. The summed E-state index contributed by atoms with van der Waals surface area (Å²) in [5, 5.41) is 2.89. The number of anilines is 2. The number of morpholine rings is 1.